The van der Waals surface area contributed by atoms with Crippen molar-refractivity contribution in [1.29, 1.82) is 0 Å². The minimum Gasteiger partial charge on any atom is -0.387 e. The highest BCUT2D eigenvalue weighted by molar-refractivity contribution is 9.11. The molecule has 2 atom stereocenters. The van der Waals surface area contributed by atoms with E-state index >= 15 is 0 Å². The van der Waals surface area contributed by atoms with Crippen molar-refractivity contribution in [2.45, 2.75) is 19.1 Å². The van der Waals surface area contributed by atoms with Crippen LogP contribution in [-0.4, -0.2) is 11.7 Å². The summed E-state index contributed by atoms with van der Waals surface area (Å²) in [6.07, 6.45) is -0.424. The molecule has 2 rings (SSSR count). The van der Waals surface area contributed by atoms with Gasteiger partial charge in [0.2, 0.25) is 0 Å². The van der Waals surface area contributed by atoms with E-state index in [0.29, 0.717) is 6.54 Å². The third-order valence-electron chi connectivity index (χ3n) is 2.57. The van der Waals surface area contributed by atoms with Gasteiger partial charge in [0, 0.05) is 17.5 Å². The van der Waals surface area contributed by atoms with Crippen LogP contribution in [0.5, 0.6) is 0 Å². The molecule has 2 aromatic rings. The van der Waals surface area contributed by atoms with Crippen LogP contribution < -0.4 is 5.32 Å². The third kappa shape index (κ3) is 3.63. The van der Waals surface area contributed by atoms with Crippen molar-refractivity contribution < 1.29 is 5.11 Å². The van der Waals surface area contributed by atoms with Gasteiger partial charge < -0.3 is 10.4 Å². The summed E-state index contributed by atoms with van der Waals surface area (Å²) in [5.41, 5.74) is 0.988. The highest BCUT2D eigenvalue weighted by Gasteiger charge is 2.12. The van der Waals surface area contributed by atoms with Crippen LogP contribution in [0, 0.1) is 0 Å². The van der Waals surface area contributed by atoms with Gasteiger partial charge in [0.1, 0.15) is 0 Å². The Kier molecular flexibility index (Phi) is 4.76. The molecule has 2 heterocycles. The first-order chi connectivity index (χ1) is 8.16. The molecule has 0 amide bonds. The van der Waals surface area contributed by atoms with Gasteiger partial charge in [-0.05, 0) is 57.4 Å². The zero-order valence-corrected chi connectivity index (χ0v) is 12.6. The summed E-state index contributed by atoms with van der Waals surface area (Å²) in [5, 5.41) is 17.3. The summed E-state index contributed by atoms with van der Waals surface area (Å²) in [6.45, 7) is 2.69. The number of nitrogens with one attached hydrogen (secondary N) is 1. The lowest BCUT2D eigenvalue weighted by Crippen LogP contribution is -2.23. The molecular formula is C12H14BrNOS2. The van der Waals surface area contributed by atoms with Crippen molar-refractivity contribution in [1.82, 2.24) is 5.32 Å². The van der Waals surface area contributed by atoms with E-state index in [1.54, 1.807) is 22.7 Å². The number of thiophene rings is 2. The Balaban J connectivity index is 1.86. The van der Waals surface area contributed by atoms with E-state index in [0.717, 1.165) is 9.35 Å². The van der Waals surface area contributed by atoms with E-state index in [2.05, 4.69) is 34.2 Å². The van der Waals surface area contributed by atoms with Crippen molar-refractivity contribution in [3.8, 4) is 0 Å². The molecule has 0 fully saturated rings. The van der Waals surface area contributed by atoms with Gasteiger partial charge in [0.25, 0.3) is 0 Å². The number of aliphatic hydroxyl groups excluding tert-OH is 1. The molecule has 2 aromatic heterocycles. The lowest BCUT2D eigenvalue weighted by Gasteiger charge is -2.15. The van der Waals surface area contributed by atoms with Gasteiger partial charge in [0.15, 0.2) is 0 Å². The van der Waals surface area contributed by atoms with Gasteiger partial charge in [0.05, 0.1) is 9.89 Å². The fraction of sp³-hybridized carbons (Fsp3) is 0.333. The average Bonchev–Trinajstić information content (AvgIpc) is 2.95. The van der Waals surface area contributed by atoms with E-state index in [-0.39, 0.29) is 6.04 Å². The molecule has 0 spiro atoms. The SMILES string of the molecule is C[C@H](NC[C@@H](O)c1ccsc1)c1ccc(Br)s1. The maximum absolute atomic E-state index is 9.95. The van der Waals surface area contributed by atoms with Crippen LogP contribution in [0.25, 0.3) is 0 Å². The van der Waals surface area contributed by atoms with E-state index in [4.69, 9.17) is 0 Å². The Bertz CT molecular complexity index is 455. The van der Waals surface area contributed by atoms with Crippen molar-refractivity contribution in [3.63, 3.8) is 0 Å². The number of hydrogen-bond acceptors (Lipinski definition) is 4. The second-order valence-electron chi connectivity index (χ2n) is 3.84. The molecule has 0 unspecified atom stereocenters. The first kappa shape index (κ1) is 13.2. The Morgan fingerprint density at radius 1 is 1.41 bits per heavy atom. The lowest BCUT2D eigenvalue weighted by atomic mass is 10.2. The average molecular weight is 332 g/mol. The summed E-state index contributed by atoms with van der Waals surface area (Å²) in [4.78, 5) is 1.27. The second kappa shape index (κ2) is 6.11. The molecule has 0 bridgehead atoms. The zero-order chi connectivity index (χ0) is 12.3. The van der Waals surface area contributed by atoms with Crippen LogP contribution in [0.3, 0.4) is 0 Å². The molecule has 0 saturated heterocycles. The van der Waals surface area contributed by atoms with Crippen LogP contribution in [0.1, 0.15) is 29.5 Å². The van der Waals surface area contributed by atoms with Crippen molar-refractivity contribution in [2.75, 3.05) is 6.54 Å². The minimum absolute atomic E-state index is 0.264. The predicted molar refractivity (Wildman–Crippen MR) is 77.7 cm³/mol. The van der Waals surface area contributed by atoms with Crippen LogP contribution in [0.2, 0.25) is 0 Å². The highest BCUT2D eigenvalue weighted by atomic mass is 79.9. The largest absolute Gasteiger partial charge is 0.387 e. The molecule has 17 heavy (non-hydrogen) atoms. The topological polar surface area (TPSA) is 32.3 Å². The van der Waals surface area contributed by atoms with Crippen molar-refractivity contribution in [2.24, 2.45) is 0 Å². The van der Waals surface area contributed by atoms with Crippen LogP contribution in [0.4, 0.5) is 0 Å². The summed E-state index contributed by atoms with van der Waals surface area (Å²) in [5.74, 6) is 0. The molecule has 0 saturated carbocycles. The van der Waals surface area contributed by atoms with E-state index in [9.17, 15) is 5.11 Å². The molecular weight excluding hydrogens is 318 g/mol. The van der Waals surface area contributed by atoms with Crippen LogP contribution in [0.15, 0.2) is 32.7 Å². The first-order valence-corrected chi connectivity index (χ1v) is 7.91. The fourth-order valence-corrected chi connectivity index (χ4v) is 3.69. The van der Waals surface area contributed by atoms with Gasteiger partial charge >= 0.3 is 0 Å². The molecule has 92 valence electrons. The molecule has 2 nitrogen and oxygen atoms in total. The summed E-state index contributed by atoms with van der Waals surface area (Å²) >= 11 is 6.78. The highest BCUT2D eigenvalue weighted by Crippen LogP contribution is 2.27. The smallest absolute Gasteiger partial charge is 0.0922 e. The predicted octanol–water partition coefficient (Wildman–Crippen LogP) is 3.96. The molecule has 0 radical (unpaired) electrons. The zero-order valence-electron chi connectivity index (χ0n) is 9.39. The van der Waals surface area contributed by atoms with E-state index < -0.39 is 6.10 Å². The summed E-state index contributed by atoms with van der Waals surface area (Å²) in [7, 11) is 0. The number of halogens is 1. The molecule has 0 aliphatic heterocycles. The van der Waals surface area contributed by atoms with Gasteiger partial charge in [-0.1, -0.05) is 0 Å². The maximum atomic E-state index is 9.95. The Labute approximate surface area is 117 Å². The molecule has 0 aliphatic rings. The summed E-state index contributed by atoms with van der Waals surface area (Å²) in [6, 6.07) is 6.37. The minimum atomic E-state index is -0.424. The Hall–Kier alpha value is -0.200. The van der Waals surface area contributed by atoms with Crippen LogP contribution >= 0.6 is 38.6 Å². The standard InChI is InChI=1S/C12H14BrNOS2/c1-8(11-2-3-12(13)17-11)14-6-10(15)9-4-5-16-7-9/h2-5,7-8,10,14-15H,6H2,1H3/t8-,10+/m0/s1. The Morgan fingerprint density at radius 2 is 2.24 bits per heavy atom. The second-order valence-corrected chi connectivity index (χ2v) is 7.12. The van der Waals surface area contributed by atoms with Gasteiger partial charge in [-0.15, -0.1) is 11.3 Å². The number of rotatable bonds is 5. The number of hydrogen-bond donors (Lipinski definition) is 2. The molecule has 5 heteroatoms. The Morgan fingerprint density at radius 3 is 2.82 bits per heavy atom. The van der Waals surface area contributed by atoms with Crippen molar-refractivity contribution in [3.05, 3.63) is 43.2 Å². The van der Waals surface area contributed by atoms with Crippen LogP contribution in [-0.2, 0) is 0 Å². The lowest BCUT2D eigenvalue weighted by molar-refractivity contribution is 0.171. The number of aliphatic hydroxyl groups is 1. The van der Waals surface area contributed by atoms with Gasteiger partial charge in [-0.3, -0.25) is 0 Å². The monoisotopic (exact) mass is 331 g/mol. The fourth-order valence-electron chi connectivity index (χ4n) is 1.53. The normalized spacial score (nSPS) is 14.8. The molecule has 2 N–H and O–H groups in total. The maximum Gasteiger partial charge on any atom is 0.0922 e. The third-order valence-corrected chi connectivity index (χ3v) is 5.07. The van der Waals surface area contributed by atoms with Gasteiger partial charge in [-0.25, -0.2) is 0 Å². The van der Waals surface area contributed by atoms with E-state index in [1.165, 1.54) is 4.88 Å². The summed E-state index contributed by atoms with van der Waals surface area (Å²) < 4.78 is 1.14. The first-order valence-electron chi connectivity index (χ1n) is 5.35. The quantitative estimate of drug-likeness (QED) is 0.869. The van der Waals surface area contributed by atoms with Gasteiger partial charge in [-0.2, -0.15) is 11.3 Å². The van der Waals surface area contributed by atoms with E-state index in [1.807, 2.05) is 22.9 Å². The van der Waals surface area contributed by atoms with Crippen molar-refractivity contribution >= 4 is 38.6 Å². The molecule has 0 aliphatic carbocycles. The molecule has 0 aromatic carbocycles.